The van der Waals surface area contributed by atoms with E-state index in [9.17, 15) is 9.18 Å². The molecule has 124 valence electrons. The van der Waals surface area contributed by atoms with E-state index in [1.165, 1.54) is 12.8 Å². The van der Waals surface area contributed by atoms with Crippen LogP contribution in [0.25, 0.3) is 11.4 Å². The van der Waals surface area contributed by atoms with E-state index < -0.39 is 5.82 Å². The molecule has 2 atom stereocenters. The maximum Gasteiger partial charge on any atom is 0.322 e. The van der Waals surface area contributed by atoms with E-state index in [1.807, 2.05) is 30.0 Å². The zero-order chi connectivity index (χ0) is 16.7. The van der Waals surface area contributed by atoms with E-state index in [-0.39, 0.29) is 6.03 Å². The van der Waals surface area contributed by atoms with Crippen molar-refractivity contribution in [2.45, 2.75) is 32.2 Å². The number of hydrogen-bond acceptors (Lipinski definition) is 3. The molecule has 0 spiro atoms. The molecule has 2 aliphatic rings. The summed E-state index contributed by atoms with van der Waals surface area (Å²) in [4.78, 5) is 22.4. The summed E-state index contributed by atoms with van der Waals surface area (Å²) in [5, 5.41) is 2.96. The van der Waals surface area contributed by atoms with Gasteiger partial charge in [-0.3, -0.25) is 0 Å². The third-order valence-electron chi connectivity index (χ3n) is 5.06. The van der Waals surface area contributed by atoms with Gasteiger partial charge in [0.25, 0.3) is 0 Å². The van der Waals surface area contributed by atoms with Crippen LogP contribution in [0, 0.1) is 18.7 Å². The Morgan fingerprint density at radius 2 is 2.08 bits per heavy atom. The number of amides is 2. The van der Waals surface area contributed by atoms with Gasteiger partial charge in [0, 0.05) is 23.8 Å². The summed E-state index contributed by atoms with van der Waals surface area (Å²) in [6.45, 7) is 2.79. The highest BCUT2D eigenvalue weighted by Gasteiger charge is 2.44. The van der Waals surface area contributed by atoms with Gasteiger partial charge in [-0.2, -0.15) is 0 Å². The summed E-state index contributed by atoms with van der Waals surface area (Å²) in [7, 11) is 0. The lowest BCUT2D eigenvalue weighted by Gasteiger charge is -2.44. The van der Waals surface area contributed by atoms with Gasteiger partial charge < -0.3 is 10.2 Å². The van der Waals surface area contributed by atoms with Crippen LogP contribution in [-0.4, -0.2) is 33.5 Å². The summed E-state index contributed by atoms with van der Waals surface area (Å²) in [5.74, 6) is 0.673. The van der Waals surface area contributed by atoms with Gasteiger partial charge in [0.15, 0.2) is 11.6 Å². The van der Waals surface area contributed by atoms with Gasteiger partial charge in [0.05, 0.1) is 12.4 Å². The topological polar surface area (TPSA) is 58.1 Å². The number of carbonyl (C=O) groups excluding carboxylic acids is 1. The van der Waals surface area contributed by atoms with Crippen LogP contribution in [0.15, 0.2) is 30.6 Å². The zero-order valence-corrected chi connectivity index (χ0v) is 13.5. The number of carbonyl (C=O) groups is 1. The lowest BCUT2D eigenvalue weighted by Crippen LogP contribution is -2.57. The Bertz CT molecular complexity index is 777. The minimum atomic E-state index is -0.468. The molecule has 1 N–H and O–H groups in total. The lowest BCUT2D eigenvalue weighted by molar-refractivity contribution is 0.0797. The highest BCUT2D eigenvalue weighted by molar-refractivity contribution is 5.91. The Labute approximate surface area is 139 Å². The van der Waals surface area contributed by atoms with E-state index in [4.69, 9.17) is 0 Å². The molecule has 2 heterocycles. The fourth-order valence-electron chi connectivity index (χ4n) is 3.71. The Balaban J connectivity index is 1.53. The van der Waals surface area contributed by atoms with Gasteiger partial charge in [-0.05, 0) is 43.4 Å². The van der Waals surface area contributed by atoms with Crippen molar-refractivity contribution in [3.05, 3.63) is 42.0 Å². The van der Waals surface area contributed by atoms with E-state index in [1.54, 1.807) is 0 Å². The smallest absolute Gasteiger partial charge is 0.321 e. The normalized spacial score (nSPS) is 22.0. The Morgan fingerprint density at radius 3 is 2.83 bits per heavy atom. The third kappa shape index (κ3) is 2.62. The van der Waals surface area contributed by atoms with Crippen LogP contribution in [0.2, 0.25) is 0 Å². The molecule has 24 heavy (non-hydrogen) atoms. The minimum absolute atomic E-state index is 0.0482. The molecule has 1 aliphatic heterocycles. The van der Waals surface area contributed by atoms with E-state index in [2.05, 4.69) is 15.3 Å². The molecule has 1 unspecified atom stereocenters. The number of likely N-dealkylation sites (tertiary alicyclic amines) is 1. The standard InChI is InChI=1S/C18H19FN4O/c1-11-5-6-14(7-15(11)17-20-8-13(19)9-21-17)22-18(24)23-10-12-3-2-4-16(12)23/h5-9,12,16H,2-4,10H2,1H3,(H,22,24)/t12?,16-/m0/s1. The number of urea groups is 1. The van der Waals surface area contributed by atoms with Crippen LogP contribution in [0.1, 0.15) is 24.8 Å². The number of aromatic nitrogens is 2. The van der Waals surface area contributed by atoms with Crippen molar-refractivity contribution in [3.63, 3.8) is 0 Å². The number of rotatable bonds is 2. The lowest BCUT2D eigenvalue weighted by atomic mass is 9.92. The number of anilines is 1. The van der Waals surface area contributed by atoms with Crippen molar-refractivity contribution >= 4 is 11.7 Å². The van der Waals surface area contributed by atoms with Crippen molar-refractivity contribution in [3.8, 4) is 11.4 Å². The predicted molar refractivity (Wildman–Crippen MR) is 89.0 cm³/mol. The maximum atomic E-state index is 13.0. The summed E-state index contributed by atoms with van der Waals surface area (Å²) in [6, 6.07) is 5.98. The minimum Gasteiger partial charge on any atom is -0.321 e. The Kier molecular flexibility index (Phi) is 3.67. The van der Waals surface area contributed by atoms with Crippen LogP contribution in [0.3, 0.4) is 0 Å². The molecular weight excluding hydrogens is 307 g/mol. The number of hydrogen-bond donors (Lipinski definition) is 1. The average Bonchev–Trinajstić information content (AvgIpc) is 2.91. The van der Waals surface area contributed by atoms with Crippen molar-refractivity contribution in [2.24, 2.45) is 5.92 Å². The van der Waals surface area contributed by atoms with Crippen LogP contribution < -0.4 is 5.32 Å². The largest absolute Gasteiger partial charge is 0.322 e. The molecule has 0 bridgehead atoms. The second-order valence-electron chi connectivity index (χ2n) is 6.60. The van der Waals surface area contributed by atoms with Gasteiger partial charge in [-0.15, -0.1) is 0 Å². The fourth-order valence-corrected chi connectivity index (χ4v) is 3.71. The molecule has 1 saturated heterocycles. The highest BCUT2D eigenvalue weighted by Crippen LogP contribution is 2.39. The van der Waals surface area contributed by atoms with Crippen molar-refractivity contribution in [1.29, 1.82) is 0 Å². The van der Waals surface area contributed by atoms with Crippen molar-refractivity contribution in [2.75, 3.05) is 11.9 Å². The molecule has 1 saturated carbocycles. The molecule has 1 aromatic carbocycles. The molecule has 4 rings (SSSR count). The molecule has 2 aromatic rings. The number of halogens is 1. The molecule has 2 fully saturated rings. The van der Waals surface area contributed by atoms with Gasteiger partial charge in [-0.25, -0.2) is 19.2 Å². The first-order chi connectivity index (χ1) is 11.6. The number of aryl methyl sites for hydroxylation is 1. The van der Waals surface area contributed by atoms with Crippen LogP contribution in [0.5, 0.6) is 0 Å². The zero-order valence-electron chi connectivity index (χ0n) is 13.5. The molecule has 2 amide bonds. The average molecular weight is 326 g/mol. The molecule has 6 heteroatoms. The summed E-state index contributed by atoms with van der Waals surface area (Å²) in [6.07, 6.45) is 5.86. The Morgan fingerprint density at radius 1 is 1.29 bits per heavy atom. The quantitative estimate of drug-likeness (QED) is 0.917. The van der Waals surface area contributed by atoms with E-state index >= 15 is 0 Å². The van der Waals surface area contributed by atoms with E-state index in [0.717, 1.165) is 36.5 Å². The van der Waals surface area contributed by atoms with Gasteiger partial charge in [0.1, 0.15) is 0 Å². The summed E-state index contributed by atoms with van der Waals surface area (Å²) < 4.78 is 13.0. The third-order valence-corrected chi connectivity index (χ3v) is 5.06. The molecule has 0 radical (unpaired) electrons. The number of fused-ring (bicyclic) bond motifs is 1. The number of nitrogens with zero attached hydrogens (tertiary/aromatic N) is 3. The second kappa shape index (κ2) is 5.85. The second-order valence-corrected chi connectivity index (χ2v) is 6.60. The molecule has 1 aromatic heterocycles. The van der Waals surface area contributed by atoms with E-state index in [0.29, 0.717) is 23.5 Å². The monoisotopic (exact) mass is 326 g/mol. The number of benzene rings is 1. The van der Waals surface area contributed by atoms with Crippen molar-refractivity contribution < 1.29 is 9.18 Å². The van der Waals surface area contributed by atoms with Crippen LogP contribution in [-0.2, 0) is 0 Å². The molecular formula is C18H19FN4O. The SMILES string of the molecule is Cc1ccc(NC(=O)N2CC3CCC[C@@H]32)cc1-c1ncc(F)cn1. The maximum absolute atomic E-state index is 13.0. The Hall–Kier alpha value is -2.50. The highest BCUT2D eigenvalue weighted by atomic mass is 19.1. The first kappa shape index (κ1) is 15.1. The molecule has 1 aliphatic carbocycles. The predicted octanol–water partition coefficient (Wildman–Crippen LogP) is 3.61. The van der Waals surface area contributed by atoms with Gasteiger partial charge in [0.2, 0.25) is 0 Å². The summed E-state index contributed by atoms with van der Waals surface area (Å²) in [5.41, 5.74) is 2.46. The first-order valence-corrected chi connectivity index (χ1v) is 8.28. The van der Waals surface area contributed by atoms with Crippen molar-refractivity contribution in [1.82, 2.24) is 14.9 Å². The summed E-state index contributed by atoms with van der Waals surface area (Å²) >= 11 is 0. The van der Waals surface area contributed by atoms with Gasteiger partial charge >= 0.3 is 6.03 Å². The van der Waals surface area contributed by atoms with Crippen LogP contribution >= 0.6 is 0 Å². The molecule has 5 nitrogen and oxygen atoms in total. The number of nitrogens with one attached hydrogen (secondary N) is 1. The van der Waals surface area contributed by atoms with Gasteiger partial charge in [-0.1, -0.05) is 12.5 Å². The first-order valence-electron chi connectivity index (χ1n) is 8.28. The fraction of sp³-hybridized carbons (Fsp3) is 0.389. The van der Waals surface area contributed by atoms with Crippen LogP contribution in [0.4, 0.5) is 14.9 Å².